The van der Waals surface area contributed by atoms with Crippen LogP contribution in [0.4, 0.5) is 0 Å². The normalized spacial score (nSPS) is 12.0. The summed E-state index contributed by atoms with van der Waals surface area (Å²) in [5.41, 5.74) is 13.5. The zero-order chi connectivity index (χ0) is 35.6. The van der Waals surface area contributed by atoms with E-state index in [2.05, 4.69) is 142 Å². The minimum atomic E-state index is -2.07. The molecule has 0 heterocycles. The third-order valence-corrected chi connectivity index (χ3v) is 24.8. The number of aryl methyl sites for hydroxylation is 8. The predicted molar refractivity (Wildman–Crippen MR) is 220 cm³/mol. The summed E-state index contributed by atoms with van der Waals surface area (Å²) in [6.45, 7) is 24.6. The molecule has 0 aliphatic heterocycles. The first-order valence-electron chi connectivity index (χ1n) is 19.5. The monoisotopic (exact) mass is 780 g/mol. The van der Waals surface area contributed by atoms with Crippen LogP contribution >= 0.6 is 0 Å². The third kappa shape index (κ3) is 9.24. The fourth-order valence-corrected chi connectivity index (χ4v) is 24.2. The van der Waals surface area contributed by atoms with Gasteiger partial charge in [-0.3, -0.25) is 0 Å². The summed E-state index contributed by atoms with van der Waals surface area (Å²) in [7, 11) is 0. The van der Waals surface area contributed by atoms with Crippen molar-refractivity contribution in [3.63, 3.8) is 0 Å². The Bertz CT molecular complexity index is 1450. The Morgan fingerprint density at radius 1 is 0.408 bits per heavy atom. The molecule has 2 radical (unpaired) electrons. The summed E-state index contributed by atoms with van der Waals surface area (Å²) >= 11 is -4.07. The summed E-state index contributed by atoms with van der Waals surface area (Å²) in [6.07, 6.45) is 8.76. The second-order valence-electron chi connectivity index (χ2n) is 14.4. The Morgan fingerprint density at radius 3 is 0.898 bits per heavy atom. The standard InChI is InChI=1S/C46H64Ge2O/c1-11-34-23-19-24-35(12-2)42(34)47(43-36(13-3)25-20-26-37(43)14-4)31-46(9,10)32-49-33-48(44-38(15-5)27-21-28-39(44)16-6)45-40(17-7)29-22-30-41(45)18-8/h19-30H,11-18,31-33H2,1-10H3. The van der Waals surface area contributed by atoms with Gasteiger partial charge >= 0.3 is 312 Å². The molecule has 3 heteroatoms. The van der Waals surface area contributed by atoms with Crippen LogP contribution in [0.3, 0.4) is 0 Å². The van der Waals surface area contributed by atoms with E-state index >= 15 is 0 Å². The van der Waals surface area contributed by atoms with E-state index in [1.807, 2.05) is 0 Å². The molecule has 0 aliphatic carbocycles. The Kier molecular flexibility index (Phi) is 15.4. The molecule has 0 aromatic heterocycles. The molecule has 0 unspecified atom stereocenters. The Morgan fingerprint density at radius 2 is 0.653 bits per heavy atom. The first kappa shape index (κ1) is 39.7. The van der Waals surface area contributed by atoms with Crippen molar-refractivity contribution in [3.8, 4) is 0 Å². The van der Waals surface area contributed by atoms with E-state index in [9.17, 15) is 0 Å². The van der Waals surface area contributed by atoms with Crippen molar-refractivity contribution in [2.24, 2.45) is 5.41 Å². The van der Waals surface area contributed by atoms with Crippen molar-refractivity contribution < 1.29 is 4.74 Å². The first-order valence-corrected chi connectivity index (χ1v) is 26.6. The maximum absolute atomic E-state index is 7.17. The second kappa shape index (κ2) is 19.0. The molecular weight excluding hydrogens is 714 g/mol. The molecule has 0 bridgehead atoms. The molecule has 262 valence electrons. The Balaban J connectivity index is 1.77. The molecular formula is C46H64Ge2O. The van der Waals surface area contributed by atoms with Gasteiger partial charge in [-0.2, -0.15) is 0 Å². The Hall–Kier alpha value is -2.07. The third-order valence-electron chi connectivity index (χ3n) is 10.6. The van der Waals surface area contributed by atoms with E-state index in [0.29, 0.717) is 0 Å². The van der Waals surface area contributed by atoms with Gasteiger partial charge in [-0.1, -0.05) is 0 Å². The van der Waals surface area contributed by atoms with Crippen LogP contribution in [0.15, 0.2) is 72.8 Å². The number of benzene rings is 4. The average Bonchev–Trinajstić information content (AvgIpc) is 3.14. The fraction of sp³-hybridized carbons (Fsp3) is 0.478. The molecule has 4 aromatic carbocycles. The molecule has 0 saturated carbocycles. The molecule has 0 N–H and O–H groups in total. The van der Waals surface area contributed by atoms with Crippen LogP contribution in [0.2, 0.25) is 5.25 Å². The van der Waals surface area contributed by atoms with Crippen LogP contribution in [0.25, 0.3) is 0 Å². The van der Waals surface area contributed by atoms with Gasteiger partial charge in [0.1, 0.15) is 0 Å². The first-order chi connectivity index (χ1) is 23.7. The average molecular weight is 778 g/mol. The summed E-state index contributed by atoms with van der Waals surface area (Å²) in [6, 6.07) is 28.5. The van der Waals surface area contributed by atoms with E-state index < -0.39 is 28.7 Å². The van der Waals surface area contributed by atoms with Crippen LogP contribution in [0.5, 0.6) is 0 Å². The molecule has 0 fully saturated rings. The van der Waals surface area contributed by atoms with Crippen molar-refractivity contribution in [1.29, 1.82) is 0 Å². The van der Waals surface area contributed by atoms with E-state index in [1.165, 1.54) is 5.25 Å². The van der Waals surface area contributed by atoms with Gasteiger partial charge in [0.25, 0.3) is 0 Å². The van der Waals surface area contributed by atoms with Gasteiger partial charge in [0.2, 0.25) is 0 Å². The molecule has 0 atom stereocenters. The van der Waals surface area contributed by atoms with E-state index in [0.717, 1.165) is 63.4 Å². The fourth-order valence-electron chi connectivity index (χ4n) is 8.05. The van der Waals surface area contributed by atoms with E-state index in [4.69, 9.17) is 4.74 Å². The second-order valence-corrected chi connectivity index (χ2v) is 24.0. The van der Waals surface area contributed by atoms with Crippen molar-refractivity contribution in [1.82, 2.24) is 0 Å². The van der Waals surface area contributed by atoms with Gasteiger partial charge in [0, 0.05) is 0 Å². The molecule has 0 amide bonds. The SMILES string of the molecule is CCc1cccc(CC)[c]1[Ge]([CH2]OCC(C)(C)[CH2][Ge]([c]1c(CC)cccc1CC)[c]1c(CC)cccc1CC)[c]1c(CC)cccc1CC. The van der Waals surface area contributed by atoms with Gasteiger partial charge in [0.15, 0.2) is 0 Å². The molecule has 0 spiro atoms. The van der Waals surface area contributed by atoms with E-state index in [-0.39, 0.29) is 5.41 Å². The number of hydrogen-bond acceptors (Lipinski definition) is 1. The van der Waals surface area contributed by atoms with Gasteiger partial charge in [0.05, 0.1) is 0 Å². The quantitative estimate of drug-likeness (QED) is 0.0920. The Labute approximate surface area is 309 Å². The maximum atomic E-state index is 7.17. The van der Waals surface area contributed by atoms with Gasteiger partial charge in [-0.05, 0) is 0 Å². The number of ether oxygens (including phenoxy) is 1. The van der Waals surface area contributed by atoms with Crippen molar-refractivity contribution in [2.75, 3.05) is 12.0 Å². The van der Waals surface area contributed by atoms with Crippen LogP contribution in [0, 0.1) is 5.41 Å². The predicted octanol–water partition coefficient (Wildman–Crippen LogP) is 8.69. The summed E-state index contributed by atoms with van der Waals surface area (Å²) in [4.78, 5) is 0. The summed E-state index contributed by atoms with van der Waals surface area (Å²) in [5, 5.41) is 1.24. The van der Waals surface area contributed by atoms with Gasteiger partial charge in [-0.15, -0.1) is 0 Å². The molecule has 0 aliphatic rings. The molecule has 0 saturated heterocycles. The number of rotatable bonds is 18. The number of hydrogen-bond donors (Lipinski definition) is 0. The van der Waals surface area contributed by atoms with Crippen molar-refractivity contribution in [2.45, 2.75) is 126 Å². The van der Waals surface area contributed by atoms with Crippen LogP contribution in [-0.4, -0.2) is 40.7 Å². The minimum absolute atomic E-state index is 0.0756. The van der Waals surface area contributed by atoms with Gasteiger partial charge < -0.3 is 0 Å². The molecule has 4 aromatic rings. The summed E-state index contributed by atoms with van der Waals surface area (Å²) < 4.78 is 14.0. The van der Waals surface area contributed by atoms with Crippen LogP contribution in [0.1, 0.15) is 114 Å². The van der Waals surface area contributed by atoms with Crippen molar-refractivity contribution >= 4 is 46.3 Å². The summed E-state index contributed by atoms with van der Waals surface area (Å²) in [5.74, 6) is 0. The zero-order valence-electron chi connectivity index (χ0n) is 32.6. The van der Waals surface area contributed by atoms with Crippen LogP contribution < -0.4 is 17.6 Å². The topological polar surface area (TPSA) is 9.23 Å². The molecule has 4 rings (SSSR count). The van der Waals surface area contributed by atoms with Gasteiger partial charge in [-0.25, -0.2) is 0 Å². The van der Waals surface area contributed by atoms with E-state index in [1.54, 1.807) is 62.1 Å². The molecule has 1 nitrogen and oxygen atoms in total. The van der Waals surface area contributed by atoms with Crippen LogP contribution in [-0.2, 0) is 56.1 Å². The van der Waals surface area contributed by atoms with Crippen molar-refractivity contribution in [3.05, 3.63) is 117 Å². The molecule has 49 heavy (non-hydrogen) atoms. The zero-order valence-corrected chi connectivity index (χ0v) is 36.8.